The van der Waals surface area contributed by atoms with Crippen LogP contribution in [0.3, 0.4) is 0 Å². The highest BCUT2D eigenvalue weighted by atomic mass is 16.4. The zero-order valence-corrected chi connectivity index (χ0v) is 15.1. The second-order valence-electron chi connectivity index (χ2n) is 8.02. The Hall–Kier alpha value is -2.64. The molecule has 8 nitrogen and oxygen atoms in total. The van der Waals surface area contributed by atoms with E-state index in [9.17, 15) is 19.5 Å². The molecular formula is C19H24N4O4. The van der Waals surface area contributed by atoms with Gasteiger partial charge in [-0.15, -0.1) is 0 Å². The Bertz CT molecular complexity index is 784. The van der Waals surface area contributed by atoms with E-state index in [1.165, 1.54) is 0 Å². The molecule has 3 aliphatic rings. The fourth-order valence-electron chi connectivity index (χ4n) is 4.47. The molecule has 1 saturated carbocycles. The van der Waals surface area contributed by atoms with E-state index in [2.05, 4.69) is 4.98 Å². The minimum absolute atomic E-state index is 0.00226. The molecule has 4 rings (SSSR count). The largest absolute Gasteiger partial charge is 0.480 e. The topological polar surface area (TPSA) is 117 Å². The molecule has 2 amide bonds. The van der Waals surface area contributed by atoms with Crippen molar-refractivity contribution in [1.82, 2.24) is 9.88 Å². The number of nitrogens with two attached hydrogens (primary N) is 1. The lowest BCUT2D eigenvalue weighted by molar-refractivity contribution is -0.148. The number of amides is 2. The fourth-order valence-corrected chi connectivity index (χ4v) is 4.47. The number of aromatic nitrogens is 1. The van der Waals surface area contributed by atoms with Crippen molar-refractivity contribution in [3.63, 3.8) is 0 Å². The standard InChI is InChI=1S/C19H24N4O4/c20-15(24)13-2-1-7-21-16(13)22-8-5-19(6-9-22)10-14(18(26)27)23(11-19)17(25)12-3-4-12/h1-2,7,12,14H,3-6,8-11H2,(H2,20,24)(H,26,27)/t14-/m0/s1. The monoisotopic (exact) mass is 372 g/mol. The molecule has 144 valence electrons. The zero-order valence-electron chi connectivity index (χ0n) is 15.1. The maximum absolute atomic E-state index is 12.5. The molecule has 27 heavy (non-hydrogen) atoms. The molecule has 1 atom stereocenters. The molecule has 0 bridgehead atoms. The Labute approximate surface area is 157 Å². The first-order valence-corrected chi connectivity index (χ1v) is 9.43. The third kappa shape index (κ3) is 3.24. The number of anilines is 1. The second-order valence-corrected chi connectivity index (χ2v) is 8.02. The van der Waals surface area contributed by atoms with E-state index in [0.29, 0.717) is 37.4 Å². The van der Waals surface area contributed by atoms with Gasteiger partial charge < -0.3 is 20.6 Å². The van der Waals surface area contributed by atoms with E-state index < -0.39 is 17.9 Å². The first kappa shape index (κ1) is 17.8. The van der Waals surface area contributed by atoms with Gasteiger partial charge in [0.1, 0.15) is 11.9 Å². The Morgan fingerprint density at radius 3 is 2.52 bits per heavy atom. The van der Waals surface area contributed by atoms with E-state index >= 15 is 0 Å². The molecule has 3 fully saturated rings. The molecule has 1 aliphatic carbocycles. The van der Waals surface area contributed by atoms with Gasteiger partial charge in [0.15, 0.2) is 0 Å². The van der Waals surface area contributed by atoms with Crippen LogP contribution >= 0.6 is 0 Å². The van der Waals surface area contributed by atoms with Gasteiger partial charge in [-0.25, -0.2) is 9.78 Å². The number of carboxylic acids is 1. The van der Waals surface area contributed by atoms with Gasteiger partial charge >= 0.3 is 5.97 Å². The highest BCUT2D eigenvalue weighted by Crippen LogP contribution is 2.46. The summed E-state index contributed by atoms with van der Waals surface area (Å²) in [5.41, 5.74) is 5.68. The van der Waals surface area contributed by atoms with Gasteiger partial charge in [0, 0.05) is 31.7 Å². The number of nitrogens with zero attached hydrogens (tertiary/aromatic N) is 3. The van der Waals surface area contributed by atoms with Crippen LogP contribution in [0.5, 0.6) is 0 Å². The minimum Gasteiger partial charge on any atom is -0.480 e. The van der Waals surface area contributed by atoms with Crippen LogP contribution in [0.2, 0.25) is 0 Å². The van der Waals surface area contributed by atoms with Crippen molar-refractivity contribution < 1.29 is 19.5 Å². The van der Waals surface area contributed by atoms with Gasteiger partial charge in [-0.3, -0.25) is 9.59 Å². The first-order chi connectivity index (χ1) is 12.9. The van der Waals surface area contributed by atoms with Crippen molar-refractivity contribution in [2.24, 2.45) is 17.1 Å². The summed E-state index contributed by atoms with van der Waals surface area (Å²) in [4.78, 5) is 43.9. The van der Waals surface area contributed by atoms with Gasteiger partial charge in [0.05, 0.1) is 5.56 Å². The van der Waals surface area contributed by atoms with Crippen LogP contribution in [0.1, 0.15) is 42.5 Å². The number of piperidine rings is 1. The molecule has 0 unspecified atom stereocenters. The van der Waals surface area contributed by atoms with Crippen molar-refractivity contribution in [3.05, 3.63) is 23.9 Å². The van der Waals surface area contributed by atoms with Crippen molar-refractivity contribution in [2.45, 2.75) is 38.1 Å². The van der Waals surface area contributed by atoms with Crippen LogP contribution in [-0.2, 0) is 9.59 Å². The molecule has 2 aliphatic heterocycles. The van der Waals surface area contributed by atoms with Crippen molar-refractivity contribution in [3.8, 4) is 0 Å². The number of hydrogen-bond acceptors (Lipinski definition) is 5. The normalized spacial score (nSPS) is 24.2. The predicted octanol–water partition coefficient (Wildman–Crippen LogP) is 0.863. The maximum Gasteiger partial charge on any atom is 0.326 e. The van der Waals surface area contributed by atoms with Gasteiger partial charge in [0.2, 0.25) is 5.91 Å². The van der Waals surface area contributed by atoms with Crippen molar-refractivity contribution >= 4 is 23.6 Å². The minimum atomic E-state index is -0.913. The Morgan fingerprint density at radius 2 is 1.93 bits per heavy atom. The Balaban J connectivity index is 1.49. The summed E-state index contributed by atoms with van der Waals surface area (Å²) in [5.74, 6) is -0.815. The van der Waals surface area contributed by atoms with Crippen molar-refractivity contribution in [2.75, 3.05) is 24.5 Å². The SMILES string of the molecule is NC(=O)c1cccnc1N1CCC2(CC1)C[C@@H](C(=O)O)N(C(=O)C1CC1)C2. The summed E-state index contributed by atoms with van der Waals surface area (Å²) >= 11 is 0. The predicted molar refractivity (Wildman–Crippen MR) is 97.1 cm³/mol. The average Bonchev–Trinajstić information content (AvgIpc) is 3.44. The molecular weight excluding hydrogens is 348 g/mol. The molecule has 3 N–H and O–H groups in total. The molecule has 8 heteroatoms. The Kier molecular flexibility index (Phi) is 4.28. The van der Waals surface area contributed by atoms with Crippen molar-refractivity contribution in [1.29, 1.82) is 0 Å². The molecule has 0 radical (unpaired) electrons. The van der Waals surface area contributed by atoms with E-state index in [-0.39, 0.29) is 17.2 Å². The van der Waals surface area contributed by atoms with E-state index in [1.54, 1.807) is 23.2 Å². The smallest absolute Gasteiger partial charge is 0.326 e. The number of aliphatic carboxylic acids is 1. The molecule has 1 spiro atoms. The first-order valence-electron chi connectivity index (χ1n) is 9.43. The number of carboxylic acid groups (broad SMARTS) is 1. The lowest BCUT2D eigenvalue weighted by atomic mass is 9.76. The molecule has 3 heterocycles. The number of carbonyl (C=O) groups is 3. The van der Waals surface area contributed by atoms with Gasteiger partial charge in [-0.2, -0.15) is 0 Å². The van der Waals surface area contributed by atoms with E-state index in [4.69, 9.17) is 5.73 Å². The van der Waals surface area contributed by atoms with Gasteiger partial charge in [0.25, 0.3) is 5.91 Å². The summed E-state index contributed by atoms with van der Waals surface area (Å²) in [6, 6.07) is 2.63. The van der Waals surface area contributed by atoms with Crippen LogP contribution in [0, 0.1) is 11.3 Å². The quantitative estimate of drug-likeness (QED) is 0.810. The molecule has 1 aromatic rings. The summed E-state index contributed by atoms with van der Waals surface area (Å²) < 4.78 is 0. The van der Waals surface area contributed by atoms with Crippen LogP contribution in [0.4, 0.5) is 5.82 Å². The number of pyridine rings is 1. The lowest BCUT2D eigenvalue weighted by Crippen LogP contribution is -2.44. The van der Waals surface area contributed by atoms with E-state index in [1.807, 2.05) is 4.90 Å². The van der Waals surface area contributed by atoms with Crippen LogP contribution in [-0.4, -0.2) is 58.5 Å². The highest BCUT2D eigenvalue weighted by molar-refractivity contribution is 5.97. The molecule has 2 saturated heterocycles. The lowest BCUT2D eigenvalue weighted by Gasteiger charge is -2.40. The van der Waals surface area contributed by atoms with E-state index in [0.717, 1.165) is 25.7 Å². The third-order valence-corrected chi connectivity index (χ3v) is 6.18. The summed E-state index contributed by atoms with van der Waals surface area (Å²) in [7, 11) is 0. The number of rotatable bonds is 4. The van der Waals surface area contributed by atoms with Crippen LogP contribution in [0.25, 0.3) is 0 Å². The fraction of sp³-hybridized carbons (Fsp3) is 0.579. The van der Waals surface area contributed by atoms with Gasteiger partial charge in [-0.1, -0.05) is 0 Å². The average molecular weight is 372 g/mol. The molecule has 0 aromatic carbocycles. The highest BCUT2D eigenvalue weighted by Gasteiger charge is 2.51. The summed E-state index contributed by atoms with van der Waals surface area (Å²) in [6.07, 6.45) is 5.41. The Morgan fingerprint density at radius 1 is 1.22 bits per heavy atom. The van der Waals surface area contributed by atoms with Crippen LogP contribution < -0.4 is 10.6 Å². The maximum atomic E-state index is 12.5. The third-order valence-electron chi connectivity index (χ3n) is 6.18. The molecule has 1 aromatic heterocycles. The number of hydrogen-bond donors (Lipinski definition) is 2. The number of carbonyl (C=O) groups excluding carboxylic acids is 2. The summed E-state index contributed by atoms with van der Waals surface area (Å²) in [6.45, 7) is 1.84. The summed E-state index contributed by atoms with van der Waals surface area (Å²) in [5, 5.41) is 9.61. The van der Waals surface area contributed by atoms with Gasteiger partial charge in [-0.05, 0) is 49.7 Å². The zero-order chi connectivity index (χ0) is 19.2. The number of likely N-dealkylation sites (tertiary alicyclic amines) is 1. The second kappa shape index (κ2) is 6.51. The van der Waals surface area contributed by atoms with Crippen LogP contribution in [0.15, 0.2) is 18.3 Å². The number of primary amides is 1.